The minimum atomic E-state index is -0.668. The molecule has 0 saturated heterocycles. The van der Waals surface area contributed by atoms with Crippen LogP contribution in [0.2, 0.25) is 0 Å². The highest BCUT2D eigenvalue weighted by Crippen LogP contribution is 2.56. The number of halogens is 2. The summed E-state index contributed by atoms with van der Waals surface area (Å²) in [6.07, 6.45) is 3.03. The molecule has 0 aliphatic heterocycles. The van der Waals surface area contributed by atoms with Crippen LogP contribution in [0, 0.1) is 0 Å². The maximum atomic E-state index is 6.33. The van der Waals surface area contributed by atoms with Crippen LogP contribution in [0.4, 0.5) is 0 Å². The fourth-order valence-corrected chi connectivity index (χ4v) is 3.44. The maximum Gasteiger partial charge on any atom is 0.191 e. The summed E-state index contributed by atoms with van der Waals surface area (Å²) in [6, 6.07) is 0. The molecule has 0 saturated carbocycles. The highest BCUT2D eigenvalue weighted by Gasteiger charge is 2.18. The van der Waals surface area contributed by atoms with Crippen LogP contribution >= 0.6 is 30.1 Å². The van der Waals surface area contributed by atoms with Gasteiger partial charge in [-0.2, -0.15) is 0 Å². The Morgan fingerprint density at radius 1 is 1.33 bits per heavy atom. The molecule has 0 amide bonds. The van der Waals surface area contributed by atoms with E-state index in [0.717, 1.165) is 24.6 Å². The Hall–Kier alpha value is 0.550. The molecule has 0 aromatic carbocycles. The van der Waals surface area contributed by atoms with Crippen molar-refractivity contribution in [2.75, 3.05) is 6.61 Å². The van der Waals surface area contributed by atoms with Crippen molar-refractivity contribution in [1.29, 1.82) is 0 Å². The second kappa shape index (κ2) is 8.67. The molecule has 0 radical (unpaired) electrons. The number of hydrogen-bond acceptors (Lipinski definition) is 1. The van der Waals surface area contributed by atoms with Crippen molar-refractivity contribution in [1.82, 2.24) is 0 Å². The monoisotopic (exact) mass is 270 g/mol. The largest absolute Gasteiger partial charge is 0.483 e. The summed E-state index contributed by atoms with van der Waals surface area (Å²) >= 11 is 12.4. The third-order valence-corrected chi connectivity index (χ3v) is 6.19. The zero-order valence-corrected chi connectivity index (χ0v) is 12.4. The fourth-order valence-electron chi connectivity index (χ4n) is 1.08. The quantitative estimate of drug-likeness (QED) is 0.329. The highest BCUT2D eigenvalue weighted by atomic mass is 35.7. The van der Waals surface area contributed by atoms with Gasteiger partial charge in [-0.05, 0) is 30.1 Å². The van der Waals surface area contributed by atoms with Gasteiger partial charge >= 0.3 is 0 Å². The second-order valence-electron chi connectivity index (χ2n) is 3.68. The summed E-state index contributed by atoms with van der Waals surface area (Å²) < 4.78 is 5.48. The number of rotatable bonds is 7. The Morgan fingerprint density at radius 3 is 2.33 bits per heavy atom. The molecular formula is C11H21Cl2OP. The summed E-state index contributed by atoms with van der Waals surface area (Å²) in [5.74, 6) is 0. The van der Waals surface area contributed by atoms with E-state index < -0.39 is 7.27 Å². The molecule has 4 heteroatoms. The Morgan fingerprint density at radius 2 is 1.93 bits per heavy atom. The average Bonchev–Trinajstić information content (AvgIpc) is 2.19. The van der Waals surface area contributed by atoms with Gasteiger partial charge in [-0.1, -0.05) is 45.4 Å². The van der Waals surface area contributed by atoms with Gasteiger partial charge in [0.15, 0.2) is 5.22 Å². The Balaban J connectivity index is 4.38. The van der Waals surface area contributed by atoms with Gasteiger partial charge in [0.2, 0.25) is 0 Å². The lowest BCUT2D eigenvalue weighted by Gasteiger charge is -2.18. The lowest BCUT2D eigenvalue weighted by molar-refractivity contribution is 0.229. The van der Waals surface area contributed by atoms with E-state index in [9.17, 15) is 0 Å². The Bertz CT molecular complexity index is 205. The fraction of sp³-hybridized carbons (Fsp3) is 0.818. The molecule has 0 fully saturated rings. The summed E-state index contributed by atoms with van der Waals surface area (Å²) in [4.78, 5) is 0. The van der Waals surface area contributed by atoms with Gasteiger partial charge in [-0.25, -0.2) is 0 Å². The summed E-state index contributed by atoms with van der Waals surface area (Å²) in [5, 5.41) is 1.61. The van der Waals surface area contributed by atoms with Crippen LogP contribution in [-0.2, 0) is 4.74 Å². The van der Waals surface area contributed by atoms with Crippen molar-refractivity contribution in [3.8, 4) is 0 Å². The molecule has 0 rings (SSSR count). The maximum absolute atomic E-state index is 6.33. The molecule has 1 atom stereocenters. The topological polar surface area (TPSA) is 9.23 Å². The first-order valence-corrected chi connectivity index (χ1v) is 8.20. The summed E-state index contributed by atoms with van der Waals surface area (Å²) in [5.41, 5.74) is 0.445. The second-order valence-corrected chi connectivity index (χ2v) is 7.31. The van der Waals surface area contributed by atoms with Crippen LogP contribution < -0.4 is 0 Å². The van der Waals surface area contributed by atoms with Gasteiger partial charge in [-0.15, -0.1) is 0 Å². The molecule has 1 unspecified atom stereocenters. The molecule has 0 N–H and O–H groups in total. The third-order valence-electron chi connectivity index (χ3n) is 2.00. The first kappa shape index (κ1) is 15.6. The summed E-state index contributed by atoms with van der Waals surface area (Å²) in [7, 11) is -0.668. The van der Waals surface area contributed by atoms with Crippen molar-refractivity contribution < 1.29 is 4.74 Å². The van der Waals surface area contributed by atoms with Gasteiger partial charge in [0, 0.05) is 12.6 Å². The van der Waals surface area contributed by atoms with Gasteiger partial charge in [-0.3, -0.25) is 0 Å². The van der Waals surface area contributed by atoms with Crippen LogP contribution in [0.15, 0.2) is 10.5 Å². The average molecular weight is 271 g/mol. The van der Waals surface area contributed by atoms with Crippen molar-refractivity contribution >= 4 is 30.1 Å². The normalized spacial score (nSPS) is 15.1. The van der Waals surface area contributed by atoms with Crippen LogP contribution in [0.3, 0.4) is 0 Å². The van der Waals surface area contributed by atoms with E-state index in [-0.39, 0.29) is 0 Å². The Kier molecular flexibility index (Phi) is 8.99. The van der Waals surface area contributed by atoms with E-state index in [1.807, 2.05) is 0 Å². The molecule has 0 spiro atoms. The zero-order chi connectivity index (χ0) is 11.8. The number of hydrogen-bond donors (Lipinski definition) is 0. The molecule has 0 bridgehead atoms. The molecule has 1 nitrogen and oxygen atoms in total. The molecule has 0 heterocycles. The van der Waals surface area contributed by atoms with E-state index in [4.69, 9.17) is 27.6 Å². The molecule has 0 aromatic rings. The molecule has 0 aromatic heterocycles. The van der Waals surface area contributed by atoms with Crippen molar-refractivity contribution in [3.63, 3.8) is 0 Å². The van der Waals surface area contributed by atoms with E-state index in [0.29, 0.717) is 17.5 Å². The lowest BCUT2D eigenvalue weighted by atomic mass is 10.4. The van der Waals surface area contributed by atoms with Gasteiger partial charge in [0.25, 0.3) is 0 Å². The SMILES string of the molecule is CCCCO/C(Cl)=C(/CC)P(Cl)C(C)C. The standard InChI is InChI=1S/C11H21Cl2OP/c1-5-7-8-14-11(12)10(6-2)15(13)9(3)4/h9H,5-8H2,1-4H3/b11-10-. The van der Waals surface area contributed by atoms with Crippen molar-refractivity contribution in [3.05, 3.63) is 10.5 Å². The molecule has 15 heavy (non-hydrogen) atoms. The third kappa shape index (κ3) is 6.00. The molecular weight excluding hydrogens is 250 g/mol. The molecule has 90 valence electrons. The van der Waals surface area contributed by atoms with E-state index >= 15 is 0 Å². The van der Waals surface area contributed by atoms with Crippen LogP contribution in [0.5, 0.6) is 0 Å². The summed E-state index contributed by atoms with van der Waals surface area (Å²) in [6.45, 7) is 9.12. The van der Waals surface area contributed by atoms with E-state index in [2.05, 4.69) is 27.7 Å². The number of ether oxygens (including phenoxy) is 1. The predicted octanol–water partition coefficient (Wildman–Crippen LogP) is 5.67. The smallest absolute Gasteiger partial charge is 0.191 e. The van der Waals surface area contributed by atoms with Crippen LogP contribution in [0.25, 0.3) is 0 Å². The Labute approximate surface area is 105 Å². The minimum Gasteiger partial charge on any atom is -0.483 e. The van der Waals surface area contributed by atoms with E-state index in [1.54, 1.807) is 0 Å². The first-order valence-electron chi connectivity index (χ1n) is 5.51. The van der Waals surface area contributed by atoms with Crippen LogP contribution in [0.1, 0.15) is 47.0 Å². The van der Waals surface area contributed by atoms with Crippen LogP contribution in [-0.4, -0.2) is 12.3 Å². The molecule has 0 aliphatic rings. The zero-order valence-electron chi connectivity index (χ0n) is 10.0. The first-order chi connectivity index (χ1) is 7.04. The molecule has 0 aliphatic carbocycles. The predicted molar refractivity (Wildman–Crippen MR) is 71.9 cm³/mol. The van der Waals surface area contributed by atoms with Gasteiger partial charge in [0.1, 0.15) is 0 Å². The number of unbranched alkanes of at least 4 members (excludes halogenated alkanes) is 1. The van der Waals surface area contributed by atoms with Crippen molar-refractivity contribution in [2.45, 2.75) is 52.6 Å². The minimum absolute atomic E-state index is 0.445. The van der Waals surface area contributed by atoms with Gasteiger partial charge < -0.3 is 4.74 Å². The number of allylic oxidation sites excluding steroid dienone is 1. The van der Waals surface area contributed by atoms with Crippen molar-refractivity contribution in [2.24, 2.45) is 0 Å². The lowest BCUT2D eigenvalue weighted by Crippen LogP contribution is -1.96. The highest BCUT2D eigenvalue weighted by molar-refractivity contribution is 7.87. The van der Waals surface area contributed by atoms with Gasteiger partial charge in [0.05, 0.1) is 6.61 Å². The van der Waals surface area contributed by atoms with E-state index in [1.165, 1.54) is 0 Å².